The number of pyridine rings is 2. The first-order valence-corrected chi connectivity index (χ1v) is 7.65. The Labute approximate surface area is 126 Å². The predicted octanol–water partition coefficient (Wildman–Crippen LogP) is 3.60. The van der Waals surface area contributed by atoms with Gasteiger partial charge in [0.05, 0.1) is 23.0 Å². The van der Waals surface area contributed by atoms with Gasteiger partial charge in [-0.1, -0.05) is 18.2 Å². The van der Waals surface area contributed by atoms with E-state index in [1.807, 2.05) is 36.6 Å². The second-order valence-corrected chi connectivity index (χ2v) is 5.23. The number of rotatable bonds is 3. The van der Waals surface area contributed by atoms with Crippen LogP contribution in [0.2, 0.25) is 0 Å². The second kappa shape index (κ2) is 5.93. The molecule has 0 unspecified atom stereocenters. The normalized spacial score (nSPS) is 10.5. The number of benzene rings is 1. The van der Waals surface area contributed by atoms with E-state index in [9.17, 15) is 4.79 Å². The third kappa shape index (κ3) is 2.87. The topological polar surface area (TPSA) is 54.9 Å². The van der Waals surface area contributed by atoms with Gasteiger partial charge in [0.25, 0.3) is 5.91 Å². The lowest BCUT2D eigenvalue weighted by molar-refractivity contribution is 0.102. The van der Waals surface area contributed by atoms with Gasteiger partial charge in [-0.25, -0.2) is 4.98 Å². The summed E-state index contributed by atoms with van der Waals surface area (Å²) in [6.45, 7) is 0. The molecule has 0 atom stereocenters. The van der Waals surface area contributed by atoms with E-state index in [1.54, 1.807) is 24.5 Å². The number of nitrogens with zero attached hydrogens (tertiary/aromatic N) is 2. The zero-order valence-corrected chi connectivity index (χ0v) is 12.2. The molecule has 2 aromatic heterocycles. The summed E-state index contributed by atoms with van der Waals surface area (Å²) in [4.78, 5) is 20.9. The smallest absolute Gasteiger partial charge is 0.258 e. The van der Waals surface area contributed by atoms with E-state index in [2.05, 4.69) is 15.3 Å². The maximum absolute atomic E-state index is 12.3. The van der Waals surface area contributed by atoms with E-state index in [0.717, 1.165) is 10.9 Å². The minimum Gasteiger partial charge on any atom is -0.320 e. The van der Waals surface area contributed by atoms with Crippen molar-refractivity contribution in [2.75, 3.05) is 11.6 Å². The maximum Gasteiger partial charge on any atom is 0.258 e. The average Bonchev–Trinajstić information content (AvgIpc) is 2.54. The van der Waals surface area contributed by atoms with Gasteiger partial charge >= 0.3 is 0 Å². The van der Waals surface area contributed by atoms with Crippen molar-refractivity contribution in [1.82, 2.24) is 9.97 Å². The summed E-state index contributed by atoms with van der Waals surface area (Å²) in [5.74, 6) is -0.176. The quantitative estimate of drug-likeness (QED) is 0.750. The van der Waals surface area contributed by atoms with Gasteiger partial charge in [0.15, 0.2) is 0 Å². The van der Waals surface area contributed by atoms with Gasteiger partial charge in [0.2, 0.25) is 0 Å². The van der Waals surface area contributed by atoms with Crippen LogP contribution in [0.4, 0.5) is 5.69 Å². The molecule has 0 radical (unpaired) electrons. The van der Waals surface area contributed by atoms with Crippen LogP contribution in [0.1, 0.15) is 10.4 Å². The van der Waals surface area contributed by atoms with Crippen molar-refractivity contribution < 1.29 is 4.79 Å². The molecule has 0 bridgehead atoms. The highest BCUT2D eigenvalue weighted by atomic mass is 32.2. The minimum atomic E-state index is -0.176. The second-order valence-electron chi connectivity index (χ2n) is 4.43. The van der Waals surface area contributed by atoms with Gasteiger partial charge < -0.3 is 5.32 Å². The maximum atomic E-state index is 12.3. The molecule has 2 heterocycles. The van der Waals surface area contributed by atoms with Gasteiger partial charge in [0, 0.05) is 11.6 Å². The number of hydrogen-bond acceptors (Lipinski definition) is 4. The van der Waals surface area contributed by atoms with Crippen LogP contribution in [0, 0.1) is 0 Å². The van der Waals surface area contributed by atoms with Crippen molar-refractivity contribution in [3.8, 4) is 0 Å². The number of aromatic nitrogens is 2. The van der Waals surface area contributed by atoms with E-state index < -0.39 is 0 Å². The minimum absolute atomic E-state index is 0.176. The first-order valence-electron chi connectivity index (χ1n) is 6.43. The lowest BCUT2D eigenvalue weighted by atomic mass is 10.2. The van der Waals surface area contributed by atoms with Crippen LogP contribution in [0.25, 0.3) is 10.9 Å². The number of carbonyl (C=O) groups is 1. The Morgan fingerprint density at radius 1 is 1.14 bits per heavy atom. The van der Waals surface area contributed by atoms with Crippen molar-refractivity contribution in [2.45, 2.75) is 5.03 Å². The fourth-order valence-electron chi connectivity index (χ4n) is 2.06. The van der Waals surface area contributed by atoms with Crippen molar-refractivity contribution >= 4 is 34.3 Å². The third-order valence-corrected chi connectivity index (χ3v) is 3.77. The van der Waals surface area contributed by atoms with E-state index in [4.69, 9.17) is 0 Å². The lowest BCUT2D eigenvalue weighted by Crippen LogP contribution is -2.13. The van der Waals surface area contributed by atoms with Crippen LogP contribution in [0.3, 0.4) is 0 Å². The highest BCUT2D eigenvalue weighted by molar-refractivity contribution is 7.98. The molecule has 1 aromatic carbocycles. The van der Waals surface area contributed by atoms with Crippen LogP contribution < -0.4 is 5.32 Å². The summed E-state index contributed by atoms with van der Waals surface area (Å²) >= 11 is 1.45. The monoisotopic (exact) mass is 295 g/mol. The molecular weight excluding hydrogens is 282 g/mol. The van der Waals surface area contributed by atoms with Crippen LogP contribution in [-0.2, 0) is 0 Å². The highest BCUT2D eigenvalue weighted by Crippen LogP contribution is 2.20. The summed E-state index contributed by atoms with van der Waals surface area (Å²) < 4.78 is 0. The number of fused-ring (bicyclic) bond motifs is 1. The van der Waals surface area contributed by atoms with Crippen molar-refractivity contribution in [1.29, 1.82) is 0 Å². The molecular formula is C16H13N3OS. The van der Waals surface area contributed by atoms with E-state index in [0.29, 0.717) is 16.3 Å². The van der Waals surface area contributed by atoms with Crippen molar-refractivity contribution in [2.24, 2.45) is 0 Å². The van der Waals surface area contributed by atoms with Gasteiger partial charge in [-0.15, -0.1) is 11.8 Å². The zero-order chi connectivity index (χ0) is 14.7. The fraction of sp³-hybridized carbons (Fsp3) is 0.0625. The molecule has 5 heteroatoms. The molecule has 0 fully saturated rings. The fourth-order valence-corrected chi connectivity index (χ4v) is 2.61. The summed E-state index contributed by atoms with van der Waals surface area (Å²) in [5, 5.41) is 4.57. The van der Waals surface area contributed by atoms with Crippen LogP contribution >= 0.6 is 11.8 Å². The standard InChI is InChI=1S/C16H13N3OS/c1-21-16-13(6-4-8-17-16)15(20)19-12-9-11-5-2-3-7-14(11)18-10-12/h2-10H,1H3,(H,19,20). The Balaban J connectivity index is 1.89. The molecule has 0 aliphatic rings. The number of nitrogens with one attached hydrogen (secondary N) is 1. The van der Waals surface area contributed by atoms with Gasteiger partial charge in [0.1, 0.15) is 5.03 Å². The highest BCUT2D eigenvalue weighted by Gasteiger charge is 2.12. The first-order chi connectivity index (χ1) is 10.3. The van der Waals surface area contributed by atoms with E-state index >= 15 is 0 Å². The Morgan fingerprint density at radius 3 is 2.86 bits per heavy atom. The number of anilines is 1. The average molecular weight is 295 g/mol. The molecule has 104 valence electrons. The zero-order valence-electron chi connectivity index (χ0n) is 11.4. The molecule has 0 aliphatic heterocycles. The number of hydrogen-bond donors (Lipinski definition) is 1. The molecule has 0 aliphatic carbocycles. The molecule has 0 saturated heterocycles. The largest absolute Gasteiger partial charge is 0.320 e. The van der Waals surface area contributed by atoms with Crippen LogP contribution in [-0.4, -0.2) is 22.1 Å². The molecule has 21 heavy (non-hydrogen) atoms. The van der Waals surface area contributed by atoms with Gasteiger partial charge in [-0.3, -0.25) is 9.78 Å². The molecule has 4 nitrogen and oxygen atoms in total. The summed E-state index contributed by atoms with van der Waals surface area (Å²) in [6.07, 6.45) is 5.24. The third-order valence-electron chi connectivity index (χ3n) is 3.06. The van der Waals surface area contributed by atoms with Crippen molar-refractivity contribution in [3.63, 3.8) is 0 Å². The Morgan fingerprint density at radius 2 is 2.00 bits per heavy atom. The van der Waals surface area contributed by atoms with Crippen LogP contribution in [0.5, 0.6) is 0 Å². The Hall–Kier alpha value is -2.40. The number of amides is 1. The van der Waals surface area contributed by atoms with Crippen molar-refractivity contribution in [3.05, 3.63) is 60.4 Å². The molecule has 1 amide bonds. The van der Waals surface area contributed by atoms with Crippen LogP contribution in [0.15, 0.2) is 59.9 Å². The summed E-state index contributed by atoms with van der Waals surface area (Å²) in [7, 11) is 0. The molecule has 1 N–H and O–H groups in total. The molecule has 3 rings (SSSR count). The Bertz CT molecular complexity index is 804. The van der Waals surface area contributed by atoms with Gasteiger partial charge in [-0.2, -0.15) is 0 Å². The molecule has 3 aromatic rings. The number of para-hydroxylation sites is 1. The van der Waals surface area contributed by atoms with E-state index in [-0.39, 0.29) is 5.91 Å². The van der Waals surface area contributed by atoms with E-state index in [1.165, 1.54) is 11.8 Å². The first kappa shape index (κ1) is 13.6. The lowest BCUT2D eigenvalue weighted by Gasteiger charge is -2.08. The number of carbonyl (C=O) groups excluding carboxylic acids is 1. The molecule has 0 saturated carbocycles. The summed E-state index contributed by atoms with van der Waals surface area (Å²) in [5.41, 5.74) is 2.15. The molecule has 0 spiro atoms. The number of thioether (sulfide) groups is 1. The van der Waals surface area contributed by atoms with Gasteiger partial charge in [-0.05, 0) is 30.5 Å². The predicted molar refractivity (Wildman–Crippen MR) is 85.7 cm³/mol. The Kier molecular flexibility index (Phi) is 3.83. The SMILES string of the molecule is CSc1ncccc1C(=O)Nc1cnc2ccccc2c1. The summed E-state index contributed by atoms with van der Waals surface area (Å²) in [6, 6.07) is 13.2.